The number of anilines is 1. The third-order valence-electron chi connectivity index (χ3n) is 4.37. The number of rotatable bonds is 4. The molecule has 1 aliphatic heterocycles. The van der Waals surface area contributed by atoms with Crippen LogP contribution < -0.4 is 4.90 Å². The van der Waals surface area contributed by atoms with Crippen molar-refractivity contribution in [3.8, 4) is 10.4 Å². The molecule has 5 heteroatoms. The highest BCUT2D eigenvalue weighted by atomic mass is 32.2. The van der Waals surface area contributed by atoms with Gasteiger partial charge in [0.1, 0.15) is 5.82 Å². The van der Waals surface area contributed by atoms with Crippen molar-refractivity contribution in [2.45, 2.75) is 24.0 Å². The van der Waals surface area contributed by atoms with Crippen molar-refractivity contribution in [2.24, 2.45) is 0 Å². The van der Waals surface area contributed by atoms with Gasteiger partial charge in [0.15, 0.2) is 0 Å². The van der Waals surface area contributed by atoms with Gasteiger partial charge in [0.2, 0.25) is 0 Å². The van der Waals surface area contributed by atoms with Crippen molar-refractivity contribution < 1.29 is 9.18 Å². The summed E-state index contributed by atoms with van der Waals surface area (Å²) in [6.45, 7) is 2.65. The summed E-state index contributed by atoms with van der Waals surface area (Å²) in [5.41, 5.74) is 3.17. The van der Waals surface area contributed by atoms with Gasteiger partial charge in [0, 0.05) is 33.3 Å². The molecular formula is C21H18FNOS2. The van der Waals surface area contributed by atoms with Crippen LogP contribution in [0.5, 0.6) is 0 Å². The molecule has 26 heavy (non-hydrogen) atoms. The lowest BCUT2D eigenvalue weighted by Gasteiger charge is -2.21. The zero-order valence-corrected chi connectivity index (χ0v) is 16.0. The van der Waals surface area contributed by atoms with E-state index < -0.39 is 0 Å². The normalized spacial score (nSPS) is 12.4. The Hall–Kier alpha value is -2.11. The number of fused-ring (bicyclic) bond motifs is 3. The molecule has 1 amide bonds. The van der Waals surface area contributed by atoms with Gasteiger partial charge in [-0.3, -0.25) is 4.79 Å². The highest BCUT2D eigenvalue weighted by Gasteiger charge is 2.25. The largest absolute Gasteiger partial charge is 0.308 e. The van der Waals surface area contributed by atoms with Gasteiger partial charge in [-0.25, -0.2) is 4.39 Å². The van der Waals surface area contributed by atoms with Crippen LogP contribution in [0, 0.1) is 5.82 Å². The quantitative estimate of drug-likeness (QED) is 0.533. The second-order valence-electron chi connectivity index (χ2n) is 6.18. The zero-order valence-electron chi connectivity index (χ0n) is 14.4. The summed E-state index contributed by atoms with van der Waals surface area (Å²) in [6, 6.07) is 16.5. The summed E-state index contributed by atoms with van der Waals surface area (Å²) in [5, 5.41) is 0. The van der Waals surface area contributed by atoms with Crippen molar-refractivity contribution in [1.29, 1.82) is 0 Å². The van der Waals surface area contributed by atoms with Crippen molar-refractivity contribution in [1.82, 2.24) is 0 Å². The van der Waals surface area contributed by atoms with E-state index in [0.29, 0.717) is 6.54 Å². The minimum absolute atomic E-state index is 0.0136. The van der Waals surface area contributed by atoms with E-state index in [9.17, 15) is 9.18 Å². The Balaban J connectivity index is 1.70. The highest BCUT2D eigenvalue weighted by Crippen LogP contribution is 2.45. The minimum atomic E-state index is -0.294. The van der Waals surface area contributed by atoms with Crippen LogP contribution in [-0.2, 0) is 5.75 Å². The molecule has 0 fully saturated rings. The second-order valence-corrected chi connectivity index (χ2v) is 8.25. The molecule has 0 unspecified atom stereocenters. The first kappa shape index (κ1) is 17.3. The van der Waals surface area contributed by atoms with Crippen LogP contribution in [0.1, 0.15) is 28.6 Å². The van der Waals surface area contributed by atoms with Gasteiger partial charge in [0.25, 0.3) is 5.91 Å². The van der Waals surface area contributed by atoms with Gasteiger partial charge in [-0.1, -0.05) is 25.1 Å². The van der Waals surface area contributed by atoms with E-state index in [1.165, 1.54) is 33.0 Å². The lowest BCUT2D eigenvalue weighted by Crippen LogP contribution is -2.31. The summed E-state index contributed by atoms with van der Waals surface area (Å²) >= 11 is 3.37. The first-order valence-electron chi connectivity index (χ1n) is 8.59. The number of nitrogens with zero attached hydrogens (tertiary/aromatic N) is 1. The van der Waals surface area contributed by atoms with E-state index in [4.69, 9.17) is 0 Å². The maximum Gasteiger partial charge on any atom is 0.268 e. The summed E-state index contributed by atoms with van der Waals surface area (Å²) < 4.78 is 13.3. The number of carbonyl (C=O) groups excluding carboxylic acids is 1. The molecule has 1 aromatic heterocycles. The molecule has 132 valence electrons. The van der Waals surface area contributed by atoms with Crippen molar-refractivity contribution >= 4 is 34.7 Å². The maximum absolute atomic E-state index is 13.3. The van der Waals surface area contributed by atoms with E-state index in [0.717, 1.165) is 22.7 Å². The van der Waals surface area contributed by atoms with Gasteiger partial charge in [-0.15, -0.1) is 23.1 Å². The molecule has 4 rings (SSSR count). The zero-order chi connectivity index (χ0) is 18.1. The highest BCUT2D eigenvalue weighted by molar-refractivity contribution is 7.98. The molecule has 2 heterocycles. The lowest BCUT2D eigenvalue weighted by atomic mass is 10.1. The van der Waals surface area contributed by atoms with Crippen LogP contribution in [0.2, 0.25) is 0 Å². The smallest absolute Gasteiger partial charge is 0.268 e. The van der Waals surface area contributed by atoms with Crippen LogP contribution >= 0.6 is 23.1 Å². The van der Waals surface area contributed by atoms with Crippen LogP contribution in [0.3, 0.4) is 0 Å². The molecule has 1 aliphatic rings. The number of hydrogen-bond donors (Lipinski definition) is 0. The Kier molecular flexibility index (Phi) is 4.83. The summed E-state index contributed by atoms with van der Waals surface area (Å²) in [7, 11) is 0. The molecule has 0 spiro atoms. The Labute approximate surface area is 160 Å². The molecule has 0 bridgehead atoms. The number of thioether (sulfide) groups is 1. The summed E-state index contributed by atoms with van der Waals surface area (Å²) in [4.78, 5) is 18.1. The SMILES string of the molecule is CCCN(C(=O)c1cc2c(s1)-c1ccccc1SC2)c1ccc(F)cc1. The monoisotopic (exact) mass is 383 g/mol. The predicted molar refractivity (Wildman–Crippen MR) is 108 cm³/mol. The third kappa shape index (κ3) is 3.17. The molecule has 3 aromatic rings. The molecule has 0 radical (unpaired) electrons. The summed E-state index contributed by atoms with van der Waals surface area (Å²) in [6.07, 6.45) is 0.840. The number of benzene rings is 2. The van der Waals surface area contributed by atoms with E-state index in [1.54, 1.807) is 28.4 Å². The Morgan fingerprint density at radius 3 is 2.69 bits per heavy atom. The van der Waals surface area contributed by atoms with Crippen molar-refractivity contribution in [2.75, 3.05) is 11.4 Å². The number of amides is 1. The third-order valence-corrected chi connectivity index (χ3v) is 6.69. The van der Waals surface area contributed by atoms with Crippen molar-refractivity contribution in [3.63, 3.8) is 0 Å². The predicted octanol–water partition coefficient (Wildman–Crippen LogP) is 6.22. The van der Waals surface area contributed by atoms with Crippen molar-refractivity contribution in [3.05, 3.63) is 70.9 Å². The molecule has 0 saturated carbocycles. The molecule has 0 N–H and O–H groups in total. The van der Waals surface area contributed by atoms with Gasteiger partial charge in [-0.05, 0) is 48.4 Å². The number of halogens is 1. The van der Waals surface area contributed by atoms with Gasteiger partial charge in [-0.2, -0.15) is 0 Å². The minimum Gasteiger partial charge on any atom is -0.308 e. The molecule has 2 aromatic carbocycles. The second kappa shape index (κ2) is 7.25. The number of carbonyl (C=O) groups is 1. The molecule has 0 aliphatic carbocycles. The van der Waals surface area contributed by atoms with Gasteiger partial charge >= 0.3 is 0 Å². The van der Waals surface area contributed by atoms with Crippen LogP contribution in [-0.4, -0.2) is 12.5 Å². The van der Waals surface area contributed by atoms with E-state index >= 15 is 0 Å². The fourth-order valence-electron chi connectivity index (χ4n) is 3.13. The molecule has 0 saturated heterocycles. The molecule has 0 atom stereocenters. The molecule has 2 nitrogen and oxygen atoms in total. The fourth-order valence-corrected chi connectivity index (χ4v) is 5.49. The Bertz CT molecular complexity index is 949. The Morgan fingerprint density at radius 2 is 1.92 bits per heavy atom. The van der Waals surface area contributed by atoms with E-state index in [2.05, 4.69) is 12.1 Å². The standard InChI is InChI=1S/C21H18FNOS2/c1-2-11-23(16-9-7-15(22)8-10-16)21(24)19-12-14-13-25-18-6-4-3-5-17(18)20(14)26-19/h3-10,12H,2,11,13H2,1H3. The first-order chi connectivity index (χ1) is 12.7. The van der Waals surface area contributed by atoms with Crippen LogP contribution in [0.25, 0.3) is 10.4 Å². The van der Waals surface area contributed by atoms with Crippen LogP contribution in [0.15, 0.2) is 59.5 Å². The Morgan fingerprint density at radius 1 is 1.15 bits per heavy atom. The fraction of sp³-hybridized carbons (Fsp3) is 0.190. The van der Waals surface area contributed by atoms with Crippen LogP contribution in [0.4, 0.5) is 10.1 Å². The van der Waals surface area contributed by atoms with E-state index in [-0.39, 0.29) is 11.7 Å². The van der Waals surface area contributed by atoms with Gasteiger partial charge < -0.3 is 4.90 Å². The number of hydrogen-bond acceptors (Lipinski definition) is 3. The average Bonchev–Trinajstić information content (AvgIpc) is 3.11. The average molecular weight is 384 g/mol. The maximum atomic E-state index is 13.3. The number of thiophene rings is 1. The van der Waals surface area contributed by atoms with Gasteiger partial charge in [0.05, 0.1) is 4.88 Å². The lowest BCUT2D eigenvalue weighted by molar-refractivity contribution is 0.0990. The topological polar surface area (TPSA) is 20.3 Å². The summed E-state index contributed by atoms with van der Waals surface area (Å²) in [5.74, 6) is 0.582. The first-order valence-corrected chi connectivity index (χ1v) is 10.4. The molecular weight excluding hydrogens is 365 g/mol. The van der Waals surface area contributed by atoms with E-state index in [1.807, 2.05) is 36.9 Å².